The number of sulfone groups is 1. The average molecular weight is 332 g/mol. The predicted molar refractivity (Wildman–Crippen MR) is 87.7 cm³/mol. The highest BCUT2D eigenvalue weighted by molar-refractivity contribution is 7.99. The van der Waals surface area contributed by atoms with Crippen molar-refractivity contribution in [1.82, 2.24) is 0 Å². The molecule has 21 heavy (non-hydrogen) atoms. The molecule has 0 saturated heterocycles. The maximum Gasteiger partial charge on any atom is 0.269 e. The van der Waals surface area contributed by atoms with E-state index in [4.69, 9.17) is 0 Å². The van der Waals surface area contributed by atoms with E-state index in [2.05, 4.69) is 5.32 Å². The Kier molecular flexibility index (Phi) is 6.97. The zero-order valence-electron chi connectivity index (χ0n) is 12.2. The van der Waals surface area contributed by atoms with Crippen LogP contribution in [0.5, 0.6) is 0 Å². The maximum atomic E-state index is 11.1. The molecule has 0 aliphatic carbocycles. The van der Waals surface area contributed by atoms with Gasteiger partial charge in [-0.2, -0.15) is 11.8 Å². The number of thioether (sulfide) groups is 1. The number of benzene rings is 1. The number of nitro groups is 1. The summed E-state index contributed by atoms with van der Waals surface area (Å²) in [6.07, 6.45) is 2.16. The molecule has 6 nitrogen and oxygen atoms in total. The largest absolute Gasteiger partial charge is 0.385 e. The van der Waals surface area contributed by atoms with Gasteiger partial charge in [-0.25, -0.2) is 8.42 Å². The molecule has 0 aliphatic heterocycles. The number of rotatable bonds is 9. The molecular weight excluding hydrogens is 312 g/mol. The molecule has 118 valence electrons. The van der Waals surface area contributed by atoms with Crippen LogP contribution in [0.2, 0.25) is 0 Å². The van der Waals surface area contributed by atoms with Crippen LogP contribution < -0.4 is 5.32 Å². The van der Waals surface area contributed by atoms with E-state index in [0.29, 0.717) is 11.5 Å². The topological polar surface area (TPSA) is 89.3 Å². The van der Waals surface area contributed by atoms with Crippen molar-refractivity contribution >= 4 is 33.0 Å². The van der Waals surface area contributed by atoms with Crippen molar-refractivity contribution < 1.29 is 13.3 Å². The van der Waals surface area contributed by atoms with E-state index in [0.717, 1.165) is 24.2 Å². The quantitative estimate of drug-likeness (QED) is 0.425. The normalized spacial score (nSPS) is 11.3. The van der Waals surface area contributed by atoms with E-state index in [9.17, 15) is 18.5 Å². The predicted octanol–water partition coefficient (Wildman–Crippen LogP) is 2.69. The van der Waals surface area contributed by atoms with E-state index in [1.807, 2.05) is 6.92 Å². The van der Waals surface area contributed by atoms with Crippen molar-refractivity contribution in [2.24, 2.45) is 0 Å². The summed E-state index contributed by atoms with van der Waals surface area (Å²) in [5.74, 6) is 1.14. The molecule has 0 fully saturated rings. The van der Waals surface area contributed by atoms with Crippen LogP contribution in [0.3, 0.4) is 0 Å². The first-order chi connectivity index (χ1) is 9.83. The second kappa shape index (κ2) is 8.23. The van der Waals surface area contributed by atoms with E-state index >= 15 is 0 Å². The number of hydrogen-bond donors (Lipinski definition) is 1. The van der Waals surface area contributed by atoms with Gasteiger partial charge in [-0.15, -0.1) is 0 Å². The standard InChI is InChI=1S/C13H20N2O4S2/c1-3-6-14-13-5-4-12(15(16)17)9-11(13)10-20-7-8-21(2,18)19/h4-5,9,14H,3,6-8,10H2,1-2H3. The van der Waals surface area contributed by atoms with Gasteiger partial charge in [-0.3, -0.25) is 10.1 Å². The average Bonchev–Trinajstić information content (AvgIpc) is 2.40. The van der Waals surface area contributed by atoms with Gasteiger partial charge in [0.1, 0.15) is 9.84 Å². The van der Waals surface area contributed by atoms with Crippen LogP contribution in [0, 0.1) is 10.1 Å². The number of nitrogens with one attached hydrogen (secondary N) is 1. The Morgan fingerprint density at radius 1 is 1.38 bits per heavy atom. The van der Waals surface area contributed by atoms with Crippen molar-refractivity contribution in [3.63, 3.8) is 0 Å². The molecule has 1 aromatic carbocycles. The molecule has 0 atom stereocenters. The Hall–Kier alpha value is -1.28. The van der Waals surface area contributed by atoms with E-state index in [1.165, 1.54) is 24.1 Å². The molecule has 0 radical (unpaired) electrons. The molecular formula is C13H20N2O4S2. The van der Waals surface area contributed by atoms with Gasteiger partial charge >= 0.3 is 0 Å². The molecule has 0 heterocycles. The van der Waals surface area contributed by atoms with Crippen molar-refractivity contribution in [2.45, 2.75) is 19.1 Å². The smallest absolute Gasteiger partial charge is 0.269 e. The third kappa shape index (κ3) is 6.81. The molecule has 0 amide bonds. The lowest BCUT2D eigenvalue weighted by Gasteiger charge is -2.11. The highest BCUT2D eigenvalue weighted by atomic mass is 32.2. The lowest BCUT2D eigenvalue weighted by molar-refractivity contribution is -0.384. The molecule has 0 spiro atoms. The van der Waals surface area contributed by atoms with Crippen LogP contribution in [0.1, 0.15) is 18.9 Å². The Bertz CT molecular complexity index is 588. The fraction of sp³-hybridized carbons (Fsp3) is 0.538. The first kappa shape index (κ1) is 17.8. The van der Waals surface area contributed by atoms with Gasteiger partial charge in [0.25, 0.3) is 5.69 Å². The van der Waals surface area contributed by atoms with Crippen molar-refractivity contribution in [3.05, 3.63) is 33.9 Å². The summed E-state index contributed by atoms with van der Waals surface area (Å²) in [6.45, 7) is 2.83. The fourth-order valence-corrected chi connectivity index (χ4v) is 3.92. The van der Waals surface area contributed by atoms with E-state index in [-0.39, 0.29) is 11.4 Å². The van der Waals surface area contributed by atoms with Crippen LogP contribution in [0.4, 0.5) is 11.4 Å². The molecule has 0 aromatic heterocycles. The number of non-ortho nitro benzene ring substituents is 1. The monoisotopic (exact) mass is 332 g/mol. The zero-order chi connectivity index (χ0) is 15.9. The summed E-state index contributed by atoms with van der Waals surface area (Å²) < 4.78 is 22.2. The lowest BCUT2D eigenvalue weighted by Crippen LogP contribution is -2.06. The SMILES string of the molecule is CCCNc1ccc([N+](=O)[O-])cc1CSCCS(C)(=O)=O. The summed E-state index contributed by atoms with van der Waals surface area (Å²) in [4.78, 5) is 10.4. The van der Waals surface area contributed by atoms with Gasteiger partial charge in [-0.05, 0) is 18.1 Å². The minimum absolute atomic E-state index is 0.0516. The summed E-state index contributed by atoms with van der Waals surface area (Å²) in [6, 6.07) is 4.73. The molecule has 1 N–H and O–H groups in total. The molecule has 1 rings (SSSR count). The van der Waals surface area contributed by atoms with E-state index < -0.39 is 14.8 Å². The first-order valence-electron chi connectivity index (χ1n) is 6.60. The zero-order valence-corrected chi connectivity index (χ0v) is 13.8. The molecule has 8 heteroatoms. The third-order valence-corrected chi connectivity index (χ3v) is 4.93. The van der Waals surface area contributed by atoms with Crippen LogP contribution in [-0.2, 0) is 15.6 Å². The summed E-state index contributed by atoms with van der Waals surface area (Å²) in [5, 5.41) is 14.1. The number of anilines is 1. The summed E-state index contributed by atoms with van der Waals surface area (Å²) >= 11 is 1.46. The molecule has 0 bridgehead atoms. The first-order valence-corrected chi connectivity index (χ1v) is 9.81. The van der Waals surface area contributed by atoms with Gasteiger partial charge in [0.15, 0.2) is 0 Å². The van der Waals surface area contributed by atoms with Gasteiger partial charge in [0.05, 0.1) is 10.7 Å². The minimum Gasteiger partial charge on any atom is -0.385 e. The van der Waals surface area contributed by atoms with Crippen molar-refractivity contribution in [2.75, 3.05) is 29.6 Å². The second-order valence-corrected chi connectivity index (χ2v) is 8.07. The van der Waals surface area contributed by atoms with Crippen LogP contribution in [0.25, 0.3) is 0 Å². The minimum atomic E-state index is -2.97. The third-order valence-electron chi connectivity index (χ3n) is 2.72. The van der Waals surface area contributed by atoms with Crippen molar-refractivity contribution in [1.29, 1.82) is 0 Å². The Balaban J connectivity index is 2.75. The molecule has 0 aliphatic rings. The fourth-order valence-electron chi connectivity index (χ4n) is 1.64. The number of nitrogens with zero attached hydrogens (tertiary/aromatic N) is 1. The second-order valence-electron chi connectivity index (χ2n) is 4.71. The lowest BCUT2D eigenvalue weighted by atomic mass is 10.1. The number of nitro benzene ring substituents is 1. The van der Waals surface area contributed by atoms with Gasteiger partial charge in [-0.1, -0.05) is 6.92 Å². The summed E-state index contributed by atoms with van der Waals surface area (Å²) in [7, 11) is -2.97. The highest BCUT2D eigenvalue weighted by Crippen LogP contribution is 2.26. The van der Waals surface area contributed by atoms with Crippen LogP contribution in [-0.4, -0.2) is 37.6 Å². The number of hydrogen-bond acceptors (Lipinski definition) is 6. The summed E-state index contributed by atoms with van der Waals surface area (Å²) in [5.41, 5.74) is 1.75. The van der Waals surface area contributed by atoms with Gasteiger partial charge in [0.2, 0.25) is 0 Å². The van der Waals surface area contributed by atoms with Crippen LogP contribution in [0.15, 0.2) is 18.2 Å². The van der Waals surface area contributed by atoms with Crippen LogP contribution >= 0.6 is 11.8 Å². The Morgan fingerprint density at radius 2 is 2.10 bits per heavy atom. The Labute approximate surface area is 129 Å². The highest BCUT2D eigenvalue weighted by Gasteiger charge is 2.11. The maximum absolute atomic E-state index is 11.1. The van der Waals surface area contributed by atoms with Crippen molar-refractivity contribution in [3.8, 4) is 0 Å². The van der Waals surface area contributed by atoms with Gasteiger partial charge in [0, 0.05) is 42.1 Å². The Morgan fingerprint density at radius 3 is 2.67 bits per heavy atom. The van der Waals surface area contributed by atoms with E-state index in [1.54, 1.807) is 12.1 Å². The molecule has 0 unspecified atom stereocenters. The molecule has 0 saturated carbocycles. The van der Waals surface area contributed by atoms with Gasteiger partial charge < -0.3 is 5.32 Å². The molecule has 1 aromatic rings.